The Balaban J connectivity index is 1.55. The maximum Gasteiger partial charge on any atom is 0.269 e. The fraction of sp³-hybridized carbons (Fsp3) is 0.500. The first-order valence-electron chi connectivity index (χ1n) is 8.34. The van der Waals surface area contributed by atoms with Crippen LogP contribution in [0.2, 0.25) is 0 Å². The van der Waals surface area contributed by atoms with Gasteiger partial charge in [0.25, 0.3) is 5.91 Å². The van der Waals surface area contributed by atoms with E-state index in [0.717, 1.165) is 38.0 Å². The third kappa shape index (κ3) is 4.05. The van der Waals surface area contributed by atoms with Gasteiger partial charge < -0.3 is 10.2 Å². The molecule has 0 saturated carbocycles. The SMILES string of the molecule is CC(C)CN1CCC(CNC(=O)c2ccc3cccnc3n2)C1. The van der Waals surface area contributed by atoms with Gasteiger partial charge in [-0.3, -0.25) is 4.79 Å². The van der Waals surface area contributed by atoms with E-state index in [1.807, 2.05) is 18.2 Å². The fourth-order valence-corrected chi connectivity index (χ4v) is 3.17. The predicted molar refractivity (Wildman–Crippen MR) is 91.3 cm³/mol. The molecule has 122 valence electrons. The van der Waals surface area contributed by atoms with Crippen molar-refractivity contribution in [1.29, 1.82) is 0 Å². The average Bonchev–Trinajstić information content (AvgIpc) is 2.98. The highest BCUT2D eigenvalue weighted by Gasteiger charge is 2.23. The molecule has 1 saturated heterocycles. The van der Waals surface area contributed by atoms with Crippen molar-refractivity contribution in [2.24, 2.45) is 11.8 Å². The summed E-state index contributed by atoms with van der Waals surface area (Å²) in [5, 5.41) is 3.97. The van der Waals surface area contributed by atoms with Crippen LogP contribution in [0.3, 0.4) is 0 Å². The zero-order chi connectivity index (χ0) is 16.2. The highest BCUT2D eigenvalue weighted by molar-refractivity contribution is 5.94. The third-order valence-electron chi connectivity index (χ3n) is 4.24. The number of nitrogens with zero attached hydrogens (tertiary/aromatic N) is 3. The Morgan fingerprint density at radius 2 is 2.26 bits per heavy atom. The summed E-state index contributed by atoms with van der Waals surface area (Å²) < 4.78 is 0. The van der Waals surface area contributed by atoms with Gasteiger partial charge in [0.05, 0.1) is 0 Å². The van der Waals surface area contributed by atoms with Crippen molar-refractivity contribution < 1.29 is 4.79 Å². The lowest BCUT2D eigenvalue weighted by atomic mass is 10.1. The Bertz CT molecular complexity index is 686. The summed E-state index contributed by atoms with van der Waals surface area (Å²) in [5.41, 5.74) is 1.05. The predicted octanol–water partition coefficient (Wildman–Crippen LogP) is 2.34. The summed E-state index contributed by atoms with van der Waals surface area (Å²) in [5.74, 6) is 1.12. The molecule has 0 spiro atoms. The maximum absolute atomic E-state index is 12.3. The average molecular weight is 312 g/mol. The van der Waals surface area contributed by atoms with Crippen LogP contribution in [0.25, 0.3) is 11.0 Å². The zero-order valence-corrected chi connectivity index (χ0v) is 13.8. The molecule has 23 heavy (non-hydrogen) atoms. The second-order valence-corrected chi connectivity index (χ2v) is 6.76. The molecule has 1 aliphatic rings. The van der Waals surface area contributed by atoms with Crippen LogP contribution in [0.15, 0.2) is 30.5 Å². The largest absolute Gasteiger partial charge is 0.350 e. The first-order valence-corrected chi connectivity index (χ1v) is 8.34. The number of carbonyl (C=O) groups excluding carboxylic acids is 1. The van der Waals surface area contributed by atoms with Crippen LogP contribution >= 0.6 is 0 Å². The molecule has 2 aromatic heterocycles. The fourth-order valence-electron chi connectivity index (χ4n) is 3.17. The summed E-state index contributed by atoms with van der Waals surface area (Å²) >= 11 is 0. The lowest BCUT2D eigenvalue weighted by Gasteiger charge is -2.18. The Morgan fingerprint density at radius 1 is 1.39 bits per heavy atom. The van der Waals surface area contributed by atoms with E-state index in [1.165, 1.54) is 0 Å². The lowest BCUT2D eigenvalue weighted by molar-refractivity contribution is 0.0942. The molecule has 1 N–H and O–H groups in total. The summed E-state index contributed by atoms with van der Waals surface area (Å²) in [6, 6.07) is 7.47. The van der Waals surface area contributed by atoms with Gasteiger partial charge in [0.1, 0.15) is 5.69 Å². The molecule has 0 radical (unpaired) electrons. The number of amides is 1. The molecule has 1 unspecified atom stereocenters. The molecule has 3 heterocycles. The molecule has 0 aromatic carbocycles. The zero-order valence-electron chi connectivity index (χ0n) is 13.8. The van der Waals surface area contributed by atoms with Crippen LogP contribution in [0, 0.1) is 11.8 Å². The molecule has 0 aliphatic carbocycles. The van der Waals surface area contributed by atoms with Crippen LogP contribution in [-0.4, -0.2) is 47.0 Å². The second kappa shape index (κ2) is 7.04. The van der Waals surface area contributed by atoms with E-state index in [1.54, 1.807) is 12.3 Å². The first kappa shape index (κ1) is 15.9. The Kier molecular flexibility index (Phi) is 4.86. The third-order valence-corrected chi connectivity index (χ3v) is 4.24. The van der Waals surface area contributed by atoms with Crippen LogP contribution in [0.4, 0.5) is 0 Å². The van der Waals surface area contributed by atoms with Crippen molar-refractivity contribution in [3.05, 3.63) is 36.2 Å². The highest BCUT2D eigenvalue weighted by Crippen LogP contribution is 2.17. The minimum Gasteiger partial charge on any atom is -0.350 e. The van der Waals surface area contributed by atoms with Crippen LogP contribution in [0.1, 0.15) is 30.8 Å². The number of carbonyl (C=O) groups is 1. The molecule has 5 nitrogen and oxygen atoms in total. The van der Waals surface area contributed by atoms with Gasteiger partial charge >= 0.3 is 0 Å². The van der Waals surface area contributed by atoms with E-state index in [-0.39, 0.29) is 5.91 Å². The Labute approximate surface area is 137 Å². The van der Waals surface area contributed by atoms with E-state index in [2.05, 4.69) is 34.0 Å². The van der Waals surface area contributed by atoms with Crippen LogP contribution < -0.4 is 5.32 Å². The molecule has 1 atom stereocenters. The van der Waals surface area contributed by atoms with E-state index < -0.39 is 0 Å². The molecule has 1 amide bonds. The minimum absolute atomic E-state index is 0.111. The molecular formula is C18H24N4O. The summed E-state index contributed by atoms with van der Waals surface area (Å²) in [6.07, 6.45) is 2.85. The number of hydrogen-bond acceptors (Lipinski definition) is 4. The number of pyridine rings is 2. The van der Waals surface area contributed by atoms with E-state index >= 15 is 0 Å². The van der Waals surface area contributed by atoms with E-state index in [0.29, 0.717) is 23.2 Å². The van der Waals surface area contributed by atoms with Crippen molar-refractivity contribution in [3.63, 3.8) is 0 Å². The smallest absolute Gasteiger partial charge is 0.269 e. The van der Waals surface area contributed by atoms with Crippen molar-refractivity contribution >= 4 is 16.9 Å². The van der Waals surface area contributed by atoms with Crippen LogP contribution in [-0.2, 0) is 0 Å². The summed E-state index contributed by atoms with van der Waals surface area (Å²) in [6.45, 7) is 8.56. The van der Waals surface area contributed by atoms with Gasteiger partial charge in [-0.2, -0.15) is 0 Å². The second-order valence-electron chi connectivity index (χ2n) is 6.76. The first-order chi connectivity index (χ1) is 11.1. The number of hydrogen-bond donors (Lipinski definition) is 1. The number of rotatable bonds is 5. The molecule has 1 aliphatic heterocycles. The molecule has 2 aromatic rings. The quantitative estimate of drug-likeness (QED) is 0.920. The Hall–Kier alpha value is -2.01. The number of aromatic nitrogens is 2. The molecule has 5 heteroatoms. The van der Waals surface area contributed by atoms with Gasteiger partial charge in [0.15, 0.2) is 5.65 Å². The normalized spacial score (nSPS) is 18.7. The maximum atomic E-state index is 12.3. The molecular weight excluding hydrogens is 288 g/mol. The van der Waals surface area contributed by atoms with Gasteiger partial charge in [0, 0.05) is 31.2 Å². The van der Waals surface area contributed by atoms with Gasteiger partial charge in [0.2, 0.25) is 0 Å². The van der Waals surface area contributed by atoms with Gasteiger partial charge in [-0.15, -0.1) is 0 Å². The topological polar surface area (TPSA) is 58.1 Å². The standard InChI is InChI=1S/C18H24N4O/c1-13(2)11-22-9-7-14(12-22)10-20-18(23)16-6-5-15-4-3-8-19-17(15)21-16/h3-6,8,13-14H,7,9-12H2,1-2H3,(H,20,23). The Morgan fingerprint density at radius 3 is 3.09 bits per heavy atom. The van der Waals surface area contributed by atoms with Gasteiger partial charge in [-0.25, -0.2) is 9.97 Å². The molecule has 0 bridgehead atoms. The van der Waals surface area contributed by atoms with E-state index in [4.69, 9.17) is 0 Å². The van der Waals surface area contributed by atoms with Crippen LogP contribution in [0.5, 0.6) is 0 Å². The number of fused-ring (bicyclic) bond motifs is 1. The lowest BCUT2D eigenvalue weighted by Crippen LogP contribution is -2.32. The van der Waals surface area contributed by atoms with Gasteiger partial charge in [-0.05, 0) is 49.1 Å². The van der Waals surface area contributed by atoms with Crippen molar-refractivity contribution in [3.8, 4) is 0 Å². The number of nitrogens with one attached hydrogen (secondary N) is 1. The van der Waals surface area contributed by atoms with E-state index in [9.17, 15) is 4.79 Å². The van der Waals surface area contributed by atoms with Crippen molar-refractivity contribution in [1.82, 2.24) is 20.2 Å². The summed E-state index contributed by atoms with van der Waals surface area (Å²) in [4.78, 5) is 23.3. The summed E-state index contributed by atoms with van der Waals surface area (Å²) in [7, 11) is 0. The van der Waals surface area contributed by atoms with Gasteiger partial charge in [-0.1, -0.05) is 13.8 Å². The van der Waals surface area contributed by atoms with Crippen molar-refractivity contribution in [2.45, 2.75) is 20.3 Å². The minimum atomic E-state index is -0.111. The molecule has 1 fully saturated rings. The highest BCUT2D eigenvalue weighted by atomic mass is 16.1. The molecule has 3 rings (SSSR count). The van der Waals surface area contributed by atoms with Crippen molar-refractivity contribution in [2.75, 3.05) is 26.2 Å². The monoisotopic (exact) mass is 312 g/mol. The number of likely N-dealkylation sites (tertiary alicyclic amines) is 1.